The second-order valence-electron chi connectivity index (χ2n) is 5.71. The number of hydrogen-bond donors (Lipinski definition) is 1. The molecule has 0 aliphatic carbocycles. The zero-order valence-corrected chi connectivity index (χ0v) is 15.6. The van der Waals surface area contributed by atoms with Crippen LogP contribution in [0.3, 0.4) is 0 Å². The Morgan fingerprint density at radius 1 is 1.23 bits per heavy atom. The molecule has 1 atom stereocenters. The van der Waals surface area contributed by atoms with Gasteiger partial charge in [-0.15, -0.1) is 0 Å². The molecule has 1 N–H and O–H groups in total. The van der Waals surface area contributed by atoms with Gasteiger partial charge < -0.3 is 10.1 Å². The van der Waals surface area contributed by atoms with Gasteiger partial charge in [0.05, 0.1) is 6.26 Å². The number of ether oxygens (including phenoxy) is 1. The molecule has 0 saturated heterocycles. The Morgan fingerprint density at radius 3 is 2.54 bits per heavy atom. The molecule has 0 aromatic heterocycles. The molecule has 0 aliphatic rings. The van der Waals surface area contributed by atoms with Crippen LogP contribution in [0.25, 0.3) is 0 Å². The minimum atomic E-state index is -3.57. The number of carbonyl (C=O) groups is 1. The van der Waals surface area contributed by atoms with Gasteiger partial charge in [-0.25, -0.2) is 8.42 Å². The Morgan fingerprint density at radius 2 is 1.92 bits per heavy atom. The summed E-state index contributed by atoms with van der Waals surface area (Å²) in [6.45, 7) is 3.94. The molecular formula is C19H22N2O4S. The van der Waals surface area contributed by atoms with Crippen molar-refractivity contribution in [3.63, 3.8) is 0 Å². The highest BCUT2D eigenvalue weighted by Gasteiger charge is 2.30. The predicted octanol–water partition coefficient (Wildman–Crippen LogP) is 2.82. The highest BCUT2D eigenvalue weighted by molar-refractivity contribution is 7.88. The van der Waals surface area contributed by atoms with Gasteiger partial charge in [-0.1, -0.05) is 49.1 Å². The third-order valence-corrected chi connectivity index (χ3v) is 4.98. The third kappa shape index (κ3) is 5.18. The van der Waals surface area contributed by atoms with E-state index in [1.54, 1.807) is 60.7 Å². The molecule has 0 saturated carbocycles. The number of likely N-dealkylation sites (N-methyl/N-ethyl adjacent to an activating group) is 1. The summed E-state index contributed by atoms with van der Waals surface area (Å²) < 4.78 is 30.5. The van der Waals surface area contributed by atoms with Crippen molar-refractivity contribution in [3.05, 3.63) is 72.8 Å². The standard InChI is InChI=1S/C19H22N2O4S/c1-4-13-25-17-12-8-11-16(14-17)20-19(22)18(21(2)26(3,23)24)15-9-6-5-7-10-15/h4-12,14,18H,1,13H2,2-3H3,(H,20,22)/t18-/m0/s1. The molecule has 2 rings (SSSR count). The molecule has 26 heavy (non-hydrogen) atoms. The molecule has 0 unspecified atom stereocenters. The van der Waals surface area contributed by atoms with E-state index in [1.807, 2.05) is 0 Å². The second kappa shape index (κ2) is 8.64. The van der Waals surface area contributed by atoms with Crippen molar-refractivity contribution in [2.75, 3.05) is 25.2 Å². The molecule has 2 aromatic rings. The van der Waals surface area contributed by atoms with E-state index in [4.69, 9.17) is 4.74 Å². The fraction of sp³-hybridized carbons (Fsp3) is 0.211. The number of amides is 1. The van der Waals surface area contributed by atoms with Crippen LogP contribution in [0.15, 0.2) is 67.3 Å². The van der Waals surface area contributed by atoms with Crippen molar-refractivity contribution < 1.29 is 17.9 Å². The van der Waals surface area contributed by atoms with Crippen molar-refractivity contribution >= 4 is 21.6 Å². The third-order valence-electron chi connectivity index (χ3n) is 3.72. The average Bonchev–Trinajstić information content (AvgIpc) is 2.60. The largest absolute Gasteiger partial charge is 0.489 e. The van der Waals surface area contributed by atoms with E-state index < -0.39 is 22.0 Å². The van der Waals surface area contributed by atoms with Crippen LogP contribution in [0.4, 0.5) is 5.69 Å². The summed E-state index contributed by atoms with van der Waals surface area (Å²) >= 11 is 0. The quantitative estimate of drug-likeness (QED) is 0.721. The minimum Gasteiger partial charge on any atom is -0.489 e. The van der Waals surface area contributed by atoms with E-state index in [0.717, 1.165) is 10.6 Å². The maximum atomic E-state index is 12.9. The lowest BCUT2D eigenvalue weighted by Crippen LogP contribution is -2.38. The summed E-state index contributed by atoms with van der Waals surface area (Å²) in [7, 11) is -2.19. The SMILES string of the molecule is C=CCOc1cccc(NC(=O)[C@H](c2ccccc2)N(C)S(C)(=O)=O)c1. The lowest BCUT2D eigenvalue weighted by Gasteiger charge is -2.25. The number of carbonyl (C=O) groups excluding carboxylic acids is 1. The van der Waals surface area contributed by atoms with Gasteiger partial charge in [0.2, 0.25) is 15.9 Å². The van der Waals surface area contributed by atoms with Gasteiger partial charge in [-0.3, -0.25) is 4.79 Å². The van der Waals surface area contributed by atoms with E-state index in [0.29, 0.717) is 23.6 Å². The second-order valence-corrected chi connectivity index (χ2v) is 7.75. The number of sulfonamides is 1. The molecule has 0 bridgehead atoms. The van der Waals surface area contributed by atoms with Crippen LogP contribution in [-0.4, -0.2) is 38.5 Å². The van der Waals surface area contributed by atoms with Crippen molar-refractivity contribution in [1.29, 1.82) is 0 Å². The van der Waals surface area contributed by atoms with Crippen LogP contribution in [-0.2, 0) is 14.8 Å². The first-order chi connectivity index (χ1) is 12.3. The number of rotatable bonds is 8. The fourth-order valence-corrected chi connectivity index (χ4v) is 2.98. The molecule has 1 amide bonds. The lowest BCUT2D eigenvalue weighted by atomic mass is 10.1. The topological polar surface area (TPSA) is 75.7 Å². The van der Waals surface area contributed by atoms with Crippen LogP contribution >= 0.6 is 0 Å². The molecule has 0 heterocycles. The molecule has 0 fully saturated rings. The monoisotopic (exact) mass is 374 g/mol. The fourth-order valence-electron chi connectivity index (χ4n) is 2.38. The zero-order chi connectivity index (χ0) is 19.2. The molecule has 7 heteroatoms. The van der Waals surface area contributed by atoms with Crippen LogP contribution in [0.5, 0.6) is 5.75 Å². The highest BCUT2D eigenvalue weighted by Crippen LogP contribution is 2.25. The first-order valence-corrected chi connectivity index (χ1v) is 9.80. The van der Waals surface area contributed by atoms with Gasteiger partial charge in [0.15, 0.2) is 0 Å². The minimum absolute atomic E-state index is 0.348. The Bertz CT molecular complexity index is 866. The Hall–Kier alpha value is -2.64. The van der Waals surface area contributed by atoms with Gasteiger partial charge in [0.1, 0.15) is 18.4 Å². The maximum absolute atomic E-state index is 12.9. The number of anilines is 1. The molecule has 0 spiro atoms. The maximum Gasteiger partial charge on any atom is 0.247 e. The van der Waals surface area contributed by atoms with E-state index >= 15 is 0 Å². The van der Waals surface area contributed by atoms with E-state index in [9.17, 15) is 13.2 Å². The number of nitrogens with zero attached hydrogens (tertiary/aromatic N) is 1. The summed E-state index contributed by atoms with van der Waals surface area (Å²) in [6, 6.07) is 14.7. The molecule has 138 valence electrons. The van der Waals surface area contributed by atoms with Crippen LogP contribution in [0.2, 0.25) is 0 Å². The Labute approximate surface area is 154 Å². The van der Waals surface area contributed by atoms with Crippen LogP contribution in [0, 0.1) is 0 Å². The van der Waals surface area contributed by atoms with Crippen molar-refractivity contribution in [3.8, 4) is 5.75 Å². The zero-order valence-electron chi connectivity index (χ0n) is 14.8. The summed E-state index contributed by atoms with van der Waals surface area (Å²) in [5, 5.41) is 2.76. The Kier molecular flexibility index (Phi) is 6.54. The van der Waals surface area contributed by atoms with Crippen molar-refractivity contribution in [2.45, 2.75) is 6.04 Å². The predicted molar refractivity (Wildman–Crippen MR) is 103 cm³/mol. The molecular weight excluding hydrogens is 352 g/mol. The van der Waals surface area contributed by atoms with Gasteiger partial charge >= 0.3 is 0 Å². The van der Waals surface area contributed by atoms with Crippen molar-refractivity contribution in [1.82, 2.24) is 4.31 Å². The van der Waals surface area contributed by atoms with Crippen LogP contribution < -0.4 is 10.1 Å². The van der Waals surface area contributed by atoms with Gasteiger partial charge in [0, 0.05) is 18.8 Å². The van der Waals surface area contributed by atoms with Gasteiger partial charge in [-0.05, 0) is 17.7 Å². The number of hydrogen-bond acceptors (Lipinski definition) is 4. The lowest BCUT2D eigenvalue weighted by molar-refractivity contribution is -0.119. The summed E-state index contributed by atoms with van der Waals surface area (Å²) in [6.07, 6.45) is 2.69. The van der Waals surface area contributed by atoms with Crippen LogP contribution in [0.1, 0.15) is 11.6 Å². The average molecular weight is 374 g/mol. The summed E-state index contributed by atoms with van der Waals surface area (Å²) in [4.78, 5) is 12.9. The smallest absolute Gasteiger partial charge is 0.247 e. The molecule has 6 nitrogen and oxygen atoms in total. The first-order valence-electron chi connectivity index (χ1n) is 7.95. The molecule has 0 radical (unpaired) electrons. The molecule has 2 aromatic carbocycles. The van der Waals surface area contributed by atoms with Gasteiger partial charge in [0.25, 0.3) is 0 Å². The normalized spacial score (nSPS) is 12.4. The Balaban J connectivity index is 2.28. The summed E-state index contributed by atoms with van der Waals surface area (Å²) in [5.74, 6) is 0.125. The van der Waals surface area contributed by atoms with Crippen molar-refractivity contribution in [2.24, 2.45) is 0 Å². The number of benzene rings is 2. The van der Waals surface area contributed by atoms with Gasteiger partial charge in [-0.2, -0.15) is 4.31 Å². The van der Waals surface area contributed by atoms with E-state index in [2.05, 4.69) is 11.9 Å². The van der Waals surface area contributed by atoms with E-state index in [1.165, 1.54) is 7.05 Å². The highest BCUT2D eigenvalue weighted by atomic mass is 32.2. The first kappa shape index (κ1) is 19.7. The van der Waals surface area contributed by atoms with E-state index in [-0.39, 0.29) is 0 Å². The summed E-state index contributed by atoms with van der Waals surface area (Å²) in [5.41, 5.74) is 1.09. The molecule has 0 aliphatic heterocycles. The number of nitrogens with one attached hydrogen (secondary N) is 1.